The molecule has 0 bridgehead atoms. The lowest BCUT2D eigenvalue weighted by atomic mass is 9.62. The van der Waals surface area contributed by atoms with Crippen LogP contribution in [-0.4, -0.2) is 28.4 Å². The molecular formula is C34H24Cl2N2O3. The van der Waals surface area contributed by atoms with E-state index in [-0.39, 0.29) is 28.1 Å². The summed E-state index contributed by atoms with van der Waals surface area (Å²) in [7, 11) is 0. The summed E-state index contributed by atoms with van der Waals surface area (Å²) in [4.78, 5) is 45.8. The third-order valence-corrected chi connectivity index (χ3v) is 9.20. The highest BCUT2D eigenvalue weighted by atomic mass is 35.5. The molecule has 4 aromatic rings. The van der Waals surface area contributed by atoms with Crippen LogP contribution in [0.4, 0.5) is 5.69 Å². The second-order valence-electron chi connectivity index (χ2n) is 10.8. The highest BCUT2D eigenvalue weighted by Gasteiger charge is 2.70. The van der Waals surface area contributed by atoms with Crippen LogP contribution in [0.3, 0.4) is 0 Å². The summed E-state index contributed by atoms with van der Waals surface area (Å²) in [6.45, 7) is 1.95. The van der Waals surface area contributed by atoms with Crippen molar-refractivity contribution in [2.75, 3.05) is 5.32 Å². The molecule has 1 fully saturated rings. The van der Waals surface area contributed by atoms with E-state index in [1.807, 2.05) is 84.8 Å². The number of halogens is 2. The Morgan fingerprint density at radius 2 is 1.61 bits per heavy atom. The number of rotatable bonds is 4. The van der Waals surface area contributed by atoms with Crippen molar-refractivity contribution in [1.82, 2.24) is 4.90 Å². The minimum absolute atomic E-state index is 0.194. The zero-order chi connectivity index (χ0) is 28.5. The quantitative estimate of drug-likeness (QED) is 0.258. The SMILES string of the molecule is Cc1ccc(C(=O)C2C(C(=O)c3ccc(Cl)cc3Cl)N3C=Cc4ccccc4C3C23C(=O)Nc2ccccc23)cc1. The first-order chi connectivity index (χ1) is 19.8. The van der Waals surface area contributed by atoms with Crippen molar-refractivity contribution in [3.8, 4) is 0 Å². The molecule has 4 unspecified atom stereocenters. The average molecular weight is 579 g/mol. The molecule has 202 valence electrons. The minimum Gasteiger partial charge on any atom is -0.358 e. The summed E-state index contributed by atoms with van der Waals surface area (Å²) in [5, 5.41) is 3.65. The van der Waals surface area contributed by atoms with E-state index >= 15 is 0 Å². The zero-order valence-electron chi connectivity index (χ0n) is 22.0. The van der Waals surface area contributed by atoms with Gasteiger partial charge in [-0.3, -0.25) is 14.4 Å². The largest absolute Gasteiger partial charge is 0.358 e. The van der Waals surface area contributed by atoms with Crippen LogP contribution >= 0.6 is 23.2 Å². The molecule has 0 aromatic heterocycles. The van der Waals surface area contributed by atoms with Crippen LogP contribution in [0.2, 0.25) is 10.0 Å². The van der Waals surface area contributed by atoms with E-state index in [1.165, 1.54) is 6.07 Å². The van der Waals surface area contributed by atoms with Gasteiger partial charge in [-0.2, -0.15) is 0 Å². The van der Waals surface area contributed by atoms with E-state index in [0.717, 1.165) is 16.7 Å². The van der Waals surface area contributed by atoms with E-state index in [0.29, 0.717) is 21.8 Å². The van der Waals surface area contributed by atoms with Gasteiger partial charge in [-0.1, -0.05) is 95.5 Å². The van der Waals surface area contributed by atoms with E-state index < -0.39 is 23.4 Å². The molecule has 41 heavy (non-hydrogen) atoms. The van der Waals surface area contributed by atoms with E-state index in [1.54, 1.807) is 24.3 Å². The van der Waals surface area contributed by atoms with Crippen molar-refractivity contribution < 1.29 is 14.4 Å². The Kier molecular flexibility index (Phi) is 5.93. The molecule has 1 amide bonds. The fraction of sp³-hybridized carbons (Fsp3) is 0.147. The lowest BCUT2D eigenvalue weighted by Gasteiger charge is -2.38. The predicted octanol–water partition coefficient (Wildman–Crippen LogP) is 7.28. The van der Waals surface area contributed by atoms with E-state index in [2.05, 4.69) is 5.32 Å². The molecule has 1 saturated heterocycles. The number of ketones is 2. The van der Waals surface area contributed by atoms with Gasteiger partial charge in [0, 0.05) is 28.0 Å². The van der Waals surface area contributed by atoms with Crippen molar-refractivity contribution in [3.05, 3.63) is 141 Å². The second-order valence-corrected chi connectivity index (χ2v) is 11.6. The topological polar surface area (TPSA) is 66.5 Å². The number of fused-ring (bicyclic) bond motifs is 6. The molecular weight excluding hydrogens is 555 g/mol. The molecule has 3 aliphatic heterocycles. The second kappa shape index (κ2) is 9.44. The summed E-state index contributed by atoms with van der Waals surface area (Å²) in [5.41, 5.74) is 3.45. The molecule has 3 heterocycles. The van der Waals surface area contributed by atoms with Crippen LogP contribution in [-0.2, 0) is 10.2 Å². The van der Waals surface area contributed by atoms with Crippen molar-refractivity contribution in [2.24, 2.45) is 5.92 Å². The van der Waals surface area contributed by atoms with Crippen molar-refractivity contribution in [3.63, 3.8) is 0 Å². The standard InChI is InChI=1S/C34H24Cl2N2O3/c1-19-10-12-21(13-11-19)30(39)28-29(31(40)24-15-14-22(35)18-26(24)36)38-17-16-20-6-2-3-7-23(20)32(38)34(28)25-8-4-5-9-27(25)37-33(34)41/h2-18,28-29,32H,1H3,(H,37,41). The van der Waals surface area contributed by atoms with Gasteiger partial charge in [0.05, 0.1) is 17.0 Å². The van der Waals surface area contributed by atoms with Gasteiger partial charge < -0.3 is 10.2 Å². The van der Waals surface area contributed by atoms with Crippen LogP contribution in [0, 0.1) is 12.8 Å². The summed E-state index contributed by atoms with van der Waals surface area (Å²) in [6, 6.07) is 25.6. The van der Waals surface area contributed by atoms with Gasteiger partial charge in [0.25, 0.3) is 0 Å². The summed E-state index contributed by atoms with van der Waals surface area (Å²) >= 11 is 12.7. The van der Waals surface area contributed by atoms with E-state index in [4.69, 9.17) is 23.2 Å². The number of hydrogen-bond acceptors (Lipinski definition) is 4. The molecule has 0 saturated carbocycles. The molecule has 1 spiro atoms. The maximum atomic E-state index is 14.8. The van der Waals surface area contributed by atoms with Gasteiger partial charge in [-0.05, 0) is 54.0 Å². The van der Waals surface area contributed by atoms with Crippen molar-refractivity contribution in [2.45, 2.75) is 24.4 Å². The molecule has 0 radical (unpaired) electrons. The molecule has 7 heteroatoms. The first-order valence-corrected chi connectivity index (χ1v) is 14.1. The average Bonchev–Trinajstić information content (AvgIpc) is 3.45. The van der Waals surface area contributed by atoms with Gasteiger partial charge in [0.15, 0.2) is 11.6 Å². The monoisotopic (exact) mass is 578 g/mol. The van der Waals surface area contributed by atoms with Gasteiger partial charge >= 0.3 is 0 Å². The number of carbonyl (C=O) groups is 3. The zero-order valence-corrected chi connectivity index (χ0v) is 23.5. The Hall–Kier alpha value is -4.19. The predicted molar refractivity (Wildman–Crippen MR) is 160 cm³/mol. The first kappa shape index (κ1) is 25.8. The lowest BCUT2D eigenvalue weighted by molar-refractivity contribution is -0.122. The Morgan fingerprint density at radius 3 is 2.39 bits per heavy atom. The molecule has 7 rings (SSSR count). The number of nitrogens with zero attached hydrogens (tertiary/aromatic N) is 1. The maximum Gasteiger partial charge on any atom is 0.238 e. The Bertz CT molecular complexity index is 1800. The van der Waals surface area contributed by atoms with Crippen molar-refractivity contribution in [1.29, 1.82) is 0 Å². The van der Waals surface area contributed by atoms with Crippen LogP contribution < -0.4 is 5.32 Å². The third-order valence-electron chi connectivity index (χ3n) is 8.65. The number of aryl methyl sites for hydroxylation is 1. The van der Waals surface area contributed by atoms with Crippen LogP contribution in [0.5, 0.6) is 0 Å². The minimum atomic E-state index is -1.39. The molecule has 0 aliphatic carbocycles. The molecule has 4 aromatic carbocycles. The van der Waals surface area contributed by atoms with Gasteiger partial charge in [-0.15, -0.1) is 0 Å². The van der Waals surface area contributed by atoms with Gasteiger partial charge in [-0.25, -0.2) is 0 Å². The van der Waals surface area contributed by atoms with Crippen LogP contribution in [0.25, 0.3) is 6.08 Å². The summed E-state index contributed by atoms with van der Waals surface area (Å²) in [6.07, 6.45) is 3.78. The first-order valence-electron chi connectivity index (χ1n) is 13.4. The van der Waals surface area contributed by atoms with Crippen LogP contribution in [0.15, 0.2) is 97.2 Å². The number of benzene rings is 4. The molecule has 4 atom stereocenters. The fourth-order valence-corrected chi connectivity index (χ4v) is 7.42. The summed E-state index contributed by atoms with van der Waals surface area (Å²) < 4.78 is 0. The van der Waals surface area contributed by atoms with Gasteiger partial charge in [0.2, 0.25) is 5.91 Å². The van der Waals surface area contributed by atoms with Crippen molar-refractivity contribution >= 4 is 52.4 Å². The Balaban J connectivity index is 1.54. The number of nitrogens with one attached hydrogen (secondary N) is 1. The third kappa shape index (κ3) is 3.66. The molecule has 1 N–H and O–H groups in total. The number of Topliss-reactive ketones (excluding diaryl/α,β-unsaturated/α-hetero) is 2. The Labute approximate surface area is 247 Å². The number of anilines is 1. The van der Waals surface area contributed by atoms with Gasteiger partial charge in [0.1, 0.15) is 11.5 Å². The number of para-hydroxylation sites is 1. The normalized spacial score (nSPS) is 23.6. The fourth-order valence-electron chi connectivity index (χ4n) is 6.91. The smallest absolute Gasteiger partial charge is 0.238 e. The maximum absolute atomic E-state index is 14.8. The number of amides is 1. The highest BCUT2D eigenvalue weighted by molar-refractivity contribution is 6.37. The Morgan fingerprint density at radius 1 is 0.878 bits per heavy atom. The molecule has 3 aliphatic rings. The molecule has 5 nitrogen and oxygen atoms in total. The number of carbonyl (C=O) groups excluding carboxylic acids is 3. The van der Waals surface area contributed by atoms with Crippen LogP contribution in [0.1, 0.15) is 49.0 Å². The number of hydrogen-bond donors (Lipinski definition) is 1. The lowest BCUT2D eigenvalue weighted by Crippen LogP contribution is -2.49. The van der Waals surface area contributed by atoms with E-state index in [9.17, 15) is 14.4 Å². The highest BCUT2D eigenvalue weighted by Crippen LogP contribution is 2.62. The summed E-state index contributed by atoms with van der Waals surface area (Å²) in [5.74, 6) is -1.99.